The van der Waals surface area contributed by atoms with Crippen LogP contribution >= 0.6 is 0 Å². The van der Waals surface area contributed by atoms with E-state index in [1.165, 1.54) is 10.6 Å². The molecule has 1 N–H and O–H groups in total. The number of hydrogen-bond donors (Lipinski definition) is 1. The SMILES string of the molecule is CS(=O)(=O)N1CCN(c2nccc(CO)n2)CC1. The Morgan fingerprint density at radius 2 is 2.00 bits per heavy atom. The number of hydrogen-bond acceptors (Lipinski definition) is 6. The van der Waals surface area contributed by atoms with E-state index in [1.807, 2.05) is 4.90 Å². The fourth-order valence-corrected chi connectivity index (χ4v) is 2.67. The second-order valence-electron chi connectivity index (χ2n) is 4.16. The van der Waals surface area contributed by atoms with Gasteiger partial charge in [0, 0.05) is 32.4 Å². The van der Waals surface area contributed by atoms with Gasteiger partial charge in [0.05, 0.1) is 18.6 Å². The lowest BCUT2D eigenvalue weighted by molar-refractivity contribution is 0.276. The Morgan fingerprint density at radius 3 is 2.56 bits per heavy atom. The molecule has 18 heavy (non-hydrogen) atoms. The highest BCUT2D eigenvalue weighted by atomic mass is 32.2. The molecule has 1 aliphatic heterocycles. The van der Waals surface area contributed by atoms with Gasteiger partial charge in [0.1, 0.15) is 0 Å². The van der Waals surface area contributed by atoms with Crippen LogP contribution in [0.15, 0.2) is 12.3 Å². The van der Waals surface area contributed by atoms with Gasteiger partial charge in [0.25, 0.3) is 0 Å². The molecule has 0 bridgehead atoms. The van der Waals surface area contributed by atoms with E-state index in [1.54, 1.807) is 12.3 Å². The number of nitrogens with zero attached hydrogens (tertiary/aromatic N) is 4. The number of aliphatic hydroxyl groups excluding tert-OH is 1. The van der Waals surface area contributed by atoms with Gasteiger partial charge in [-0.3, -0.25) is 0 Å². The van der Waals surface area contributed by atoms with Gasteiger partial charge in [0.15, 0.2) is 0 Å². The Hall–Kier alpha value is -1.25. The van der Waals surface area contributed by atoms with Crippen molar-refractivity contribution in [2.45, 2.75) is 6.61 Å². The summed E-state index contributed by atoms with van der Waals surface area (Å²) in [5, 5.41) is 9.01. The van der Waals surface area contributed by atoms with Gasteiger partial charge in [-0.2, -0.15) is 4.31 Å². The van der Waals surface area contributed by atoms with Crippen molar-refractivity contribution in [2.75, 3.05) is 37.3 Å². The van der Waals surface area contributed by atoms with Gasteiger partial charge in [-0.1, -0.05) is 0 Å². The summed E-state index contributed by atoms with van der Waals surface area (Å²) < 4.78 is 24.2. The first-order valence-electron chi connectivity index (χ1n) is 5.63. The minimum atomic E-state index is -3.12. The summed E-state index contributed by atoms with van der Waals surface area (Å²) in [6.07, 6.45) is 2.81. The van der Waals surface area contributed by atoms with E-state index in [0.717, 1.165) is 0 Å². The summed E-state index contributed by atoms with van der Waals surface area (Å²) in [5.74, 6) is 0.537. The van der Waals surface area contributed by atoms with Crippen molar-refractivity contribution in [2.24, 2.45) is 0 Å². The second-order valence-corrected chi connectivity index (χ2v) is 6.14. The van der Waals surface area contributed by atoms with Gasteiger partial charge in [-0.15, -0.1) is 0 Å². The zero-order valence-corrected chi connectivity index (χ0v) is 11.0. The highest BCUT2D eigenvalue weighted by Crippen LogP contribution is 2.12. The highest BCUT2D eigenvalue weighted by Gasteiger charge is 2.24. The Balaban J connectivity index is 2.05. The van der Waals surface area contributed by atoms with Crippen molar-refractivity contribution in [3.63, 3.8) is 0 Å². The molecule has 0 saturated carbocycles. The molecule has 2 heterocycles. The zero-order valence-electron chi connectivity index (χ0n) is 10.2. The lowest BCUT2D eigenvalue weighted by Gasteiger charge is -2.33. The Morgan fingerprint density at radius 1 is 1.33 bits per heavy atom. The van der Waals surface area contributed by atoms with Crippen LogP contribution in [0.4, 0.5) is 5.95 Å². The van der Waals surface area contributed by atoms with E-state index in [9.17, 15) is 8.42 Å². The van der Waals surface area contributed by atoms with E-state index in [4.69, 9.17) is 5.11 Å². The molecule has 1 aliphatic rings. The summed E-state index contributed by atoms with van der Waals surface area (Å²) >= 11 is 0. The minimum absolute atomic E-state index is 0.126. The quantitative estimate of drug-likeness (QED) is 0.763. The van der Waals surface area contributed by atoms with Gasteiger partial charge in [0.2, 0.25) is 16.0 Å². The van der Waals surface area contributed by atoms with Crippen LogP contribution in [0.2, 0.25) is 0 Å². The van der Waals surface area contributed by atoms with Crippen LogP contribution in [0.25, 0.3) is 0 Å². The van der Waals surface area contributed by atoms with Crippen molar-refractivity contribution < 1.29 is 13.5 Å². The molecule has 8 heteroatoms. The van der Waals surface area contributed by atoms with Crippen molar-refractivity contribution in [3.8, 4) is 0 Å². The lowest BCUT2D eigenvalue weighted by Crippen LogP contribution is -2.48. The standard InChI is InChI=1S/C10H16N4O3S/c1-18(16,17)14-6-4-13(5-7-14)10-11-3-2-9(8-15)12-10/h2-3,15H,4-8H2,1H3. The molecule has 0 atom stereocenters. The first kappa shape index (κ1) is 13.2. The third-order valence-electron chi connectivity index (χ3n) is 2.85. The highest BCUT2D eigenvalue weighted by molar-refractivity contribution is 7.88. The Bertz CT molecular complexity index is 512. The number of piperazine rings is 1. The second kappa shape index (κ2) is 5.17. The molecule has 0 unspecified atom stereocenters. The lowest BCUT2D eigenvalue weighted by atomic mass is 10.4. The van der Waals surface area contributed by atoms with Crippen molar-refractivity contribution in [3.05, 3.63) is 18.0 Å². The number of aliphatic hydroxyl groups is 1. The largest absolute Gasteiger partial charge is 0.390 e. The first-order chi connectivity index (χ1) is 8.50. The molecule has 1 saturated heterocycles. The molecular weight excluding hydrogens is 256 g/mol. The van der Waals surface area contributed by atoms with Crippen LogP contribution in [0.3, 0.4) is 0 Å². The molecule has 100 valence electrons. The van der Waals surface area contributed by atoms with Crippen molar-refractivity contribution in [1.29, 1.82) is 0 Å². The molecule has 2 rings (SSSR count). The molecule has 0 aromatic carbocycles. The molecule has 7 nitrogen and oxygen atoms in total. The normalized spacial score (nSPS) is 18.0. The topological polar surface area (TPSA) is 86.6 Å². The van der Waals surface area contributed by atoms with Gasteiger partial charge >= 0.3 is 0 Å². The van der Waals surface area contributed by atoms with E-state index < -0.39 is 10.0 Å². The Labute approximate surface area is 106 Å². The maximum Gasteiger partial charge on any atom is 0.225 e. The fraction of sp³-hybridized carbons (Fsp3) is 0.600. The van der Waals surface area contributed by atoms with E-state index >= 15 is 0 Å². The molecule has 0 aliphatic carbocycles. The van der Waals surface area contributed by atoms with E-state index in [0.29, 0.717) is 37.8 Å². The van der Waals surface area contributed by atoms with Crippen LogP contribution in [0.5, 0.6) is 0 Å². The zero-order chi connectivity index (χ0) is 13.2. The van der Waals surface area contributed by atoms with Crippen LogP contribution < -0.4 is 4.90 Å². The molecule has 1 aromatic rings. The summed E-state index contributed by atoms with van der Waals surface area (Å²) in [7, 11) is -3.12. The van der Waals surface area contributed by atoms with E-state index in [-0.39, 0.29) is 6.61 Å². The molecule has 1 aromatic heterocycles. The number of sulfonamides is 1. The van der Waals surface area contributed by atoms with Crippen LogP contribution in [-0.4, -0.2) is 60.2 Å². The number of rotatable bonds is 3. The van der Waals surface area contributed by atoms with Crippen molar-refractivity contribution in [1.82, 2.24) is 14.3 Å². The molecular formula is C10H16N4O3S. The van der Waals surface area contributed by atoms with Crippen LogP contribution in [-0.2, 0) is 16.6 Å². The number of aromatic nitrogens is 2. The van der Waals surface area contributed by atoms with Crippen molar-refractivity contribution >= 4 is 16.0 Å². The molecule has 0 spiro atoms. The summed E-state index contributed by atoms with van der Waals surface area (Å²) in [6, 6.07) is 1.65. The van der Waals surface area contributed by atoms with Gasteiger partial charge in [-0.05, 0) is 6.07 Å². The smallest absolute Gasteiger partial charge is 0.225 e. The Kier molecular flexibility index (Phi) is 3.79. The summed E-state index contributed by atoms with van der Waals surface area (Å²) in [5.41, 5.74) is 0.561. The van der Waals surface area contributed by atoms with Gasteiger partial charge in [-0.25, -0.2) is 18.4 Å². The monoisotopic (exact) mass is 272 g/mol. The maximum atomic E-state index is 11.4. The first-order valence-corrected chi connectivity index (χ1v) is 7.48. The van der Waals surface area contributed by atoms with Crippen LogP contribution in [0.1, 0.15) is 5.69 Å². The van der Waals surface area contributed by atoms with Crippen LogP contribution in [0, 0.1) is 0 Å². The fourth-order valence-electron chi connectivity index (χ4n) is 1.84. The van der Waals surface area contributed by atoms with E-state index in [2.05, 4.69) is 9.97 Å². The summed E-state index contributed by atoms with van der Waals surface area (Å²) in [4.78, 5) is 10.3. The average Bonchev–Trinajstić information content (AvgIpc) is 2.38. The average molecular weight is 272 g/mol. The van der Waals surface area contributed by atoms with Gasteiger partial charge < -0.3 is 10.0 Å². The molecule has 1 fully saturated rings. The third-order valence-corrected chi connectivity index (χ3v) is 4.16. The third kappa shape index (κ3) is 2.95. The summed E-state index contributed by atoms with van der Waals surface area (Å²) in [6.45, 7) is 1.86. The molecule has 0 amide bonds. The molecule has 0 radical (unpaired) electrons. The predicted molar refractivity (Wildman–Crippen MR) is 66.6 cm³/mol. The minimum Gasteiger partial charge on any atom is -0.390 e. The predicted octanol–water partition coefficient (Wildman–Crippen LogP) is -0.949. The maximum absolute atomic E-state index is 11.4. The number of anilines is 1.